The lowest BCUT2D eigenvalue weighted by Crippen LogP contribution is -2.73. The van der Waals surface area contributed by atoms with Crippen molar-refractivity contribution in [2.75, 3.05) is 4.90 Å². The highest BCUT2D eigenvalue weighted by Crippen LogP contribution is 2.47. The van der Waals surface area contributed by atoms with Gasteiger partial charge >= 0.3 is 0 Å². The summed E-state index contributed by atoms with van der Waals surface area (Å²) < 4.78 is 6.94. The summed E-state index contributed by atoms with van der Waals surface area (Å²) in [4.78, 5) is 2.58. The SMILES string of the molecule is Cc1ccc2c(c1)B1c3cc4c(cc3N(c3ccc(C(C)(C)C)cc3-c3ccccc3)c3cc(C)cc(c31)O2)-c1ccccc1[Si]4(c1ccccc1)c1ccccc1. The Morgan fingerprint density at radius 2 is 1.16 bits per heavy atom. The van der Waals surface area contributed by atoms with Crippen molar-refractivity contribution >= 4 is 69.0 Å². The van der Waals surface area contributed by atoms with E-state index in [9.17, 15) is 0 Å². The van der Waals surface area contributed by atoms with Crippen LogP contribution in [0.15, 0.2) is 176 Å². The fourth-order valence-electron chi connectivity index (χ4n) is 10.2. The lowest BCUT2D eigenvalue weighted by atomic mass is 9.34. The monoisotopic (exact) mass is 761 g/mol. The van der Waals surface area contributed by atoms with Crippen LogP contribution in [0.2, 0.25) is 0 Å². The number of aryl methyl sites for hydroxylation is 2. The molecule has 0 N–H and O–H groups in total. The number of anilines is 3. The Hall–Kier alpha value is -6.36. The van der Waals surface area contributed by atoms with Crippen LogP contribution in [0.3, 0.4) is 0 Å². The molecule has 0 aliphatic carbocycles. The lowest BCUT2D eigenvalue weighted by molar-refractivity contribution is 0.487. The molecule has 58 heavy (non-hydrogen) atoms. The highest BCUT2D eigenvalue weighted by Gasteiger charge is 2.51. The summed E-state index contributed by atoms with van der Waals surface area (Å²) in [6.45, 7) is 11.3. The second-order valence-electron chi connectivity index (χ2n) is 17.4. The van der Waals surface area contributed by atoms with Gasteiger partial charge in [-0.3, -0.25) is 0 Å². The van der Waals surface area contributed by atoms with E-state index < -0.39 is 8.07 Å². The van der Waals surface area contributed by atoms with Crippen molar-refractivity contribution in [3.05, 3.63) is 193 Å². The Labute approximate surface area is 343 Å². The first-order valence-corrected chi connectivity index (χ1v) is 22.5. The smallest absolute Gasteiger partial charge is 0.256 e. The Bertz CT molecular complexity index is 2890. The summed E-state index contributed by atoms with van der Waals surface area (Å²) >= 11 is 0. The van der Waals surface area contributed by atoms with Crippen LogP contribution in [0.4, 0.5) is 17.1 Å². The predicted octanol–water partition coefficient (Wildman–Crippen LogP) is 9.03. The topological polar surface area (TPSA) is 12.5 Å². The molecule has 2 nitrogen and oxygen atoms in total. The molecule has 3 heterocycles. The van der Waals surface area contributed by atoms with Crippen molar-refractivity contribution in [3.63, 3.8) is 0 Å². The molecular formula is C54H44BNOSi. The zero-order valence-corrected chi connectivity index (χ0v) is 34.7. The molecule has 8 aromatic rings. The molecule has 0 aromatic heterocycles. The molecule has 3 aliphatic rings. The van der Waals surface area contributed by atoms with Gasteiger partial charge in [0.25, 0.3) is 6.71 Å². The quantitative estimate of drug-likeness (QED) is 0.166. The van der Waals surface area contributed by atoms with E-state index in [1.165, 1.54) is 93.1 Å². The van der Waals surface area contributed by atoms with E-state index in [2.05, 4.69) is 215 Å². The van der Waals surface area contributed by atoms with Gasteiger partial charge in [-0.1, -0.05) is 166 Å². The highest BCUT2D eigenvalue weighted by molar-refractivity contribution is 7.22. The second kappa shape index (κ2) is 12.8. The predicted molar refractivity (Wildman–Crippen MR) is 249 cm³/mol. The molecule has 0 atom stereocenters. The molecule has 0 unspecified atom stereocenters. The van der Waals surface area contributed by atoms with Gasteiger partial charge in [-0.25, -0.2) is 0 Å². The molecule has 278 valence electrons. The van der Waals surface area contributed by atoms with Crippen molar-refractivity contribution in [3.8, 4) is 33.8 Å². The number of hydrogen-bond acceptors (Lipinski definition) is 2. The molecule has 4 heteroatoms. The molecule has 3 aliphatic heterocycles. The summed E-state index contributed by atoms with van der Waals surface area (Å²) in [6.07, 6.45) is 0. The maximum Gasteiger partial charge on any atom is 0.256 e. The third-order valence-corrected chi connectivity index (χ3v) is 17.7. The van der Waals surface area contributed by atoms with Gasteiger partial charge < -0.3 is 9.64 Å². The first-order valence-electron chi connectivity index (χ1n) is 20.5. The Kier molecular flexibility index (Phi) is 7.71. The third-order valence-electron chi connectivity index (χ3n) is 12.8. The first kappa shape index (κ1) is 34.9. The molecule has 11 rings (SSSR count). The standard InChI is InChI=1S/C54H44BNOSi/c1-35-25-28-49-45(29-35)55-44-34-52-43(41-23-15-16-24-51(41)58(52,39-19-11-7-12-20-39)40-21-13-8-14-22-40)33-47(44)56(48-30-36(2)31-50(57-49)53(48)55)46-27-26-38(54(3,4)5)32-42(46)37-17-9-6-10-18-37/h6-34H,1-5H3. The van der Waals surface area contributed by atoms with Crippen LogP contribution < -0.4 is 46.8 Å². The van der Waals surface area contributed by atoms with Crippen LogP contribution in [-0.4, -0.2) is 14.8 Å². The molecule has 0 radical (unpaired) electrons. The zero-order valence-electron chi connectivity index (χ0n) is 33.7. The summed E-state index contributed by atoms with van der Waals surface area (Å²) in [5.74, 6) is 1.88. The number of fused-ring (bicyclic) bond motifs is 7. The third kappa shape index (κ3) is 5.04. The number of rotatable bonds is 4. The fraction of sp³-hybridized carbons (Fsp3) is 0.111. The molecule has 0 bridgehead atoms. The van der Waals surface area contributed by atoms with Gasteiger partial charge in [-0.2, -0.15) is 0 Å². The van der Waals surface area contributed by atoms with Crippen molar-refractivity contribution in [1.82, 2.24) is 0 Å². The minimum absolute atomic E-state index is 0.0122. The van der Waals surface area contributed by atoms with Gasteiger partial charge in [0.15, 0.2) is 8.07 Å². The van der Waals surface area contributed by atoms with Crippen molar-refractivity contribution < 1.29 is 4.74 Å². The van der Waals surface area contributed by atoms with Crippen molar-refractivity contribution in [1.29, 1.82) is 0 Å². The van der Waals surface area contributed by atoms with E-state index >= 15 is 0 Å². The number of benzene rings is 8. The van der Waals surface area contributed by atoms with Crippen LogP contribution in [0.25, 0.3) is 22.3 Å². The molecule has 0 saturated carbocycles. The lowest BCUT2D eigenvalue weighted by Gasteiger charge is -2.42. The maximum absolute atomic E-state index is 6.94. The average molecular weight is 762 g/mol. The molecule has 8 aromatic carbocycles. The van der Waals surface area contributed by atoms with Gasteiger partial charge in [0.1, 0.15) is 11.5 Å². The van der Waals surface area contributed by atoms with Crippen LogP contribution >= 0.6 is 0 Å². The average Bonchev–Trinajstić information content (AvgIpc) is 3.53. The molecule has 0 saturated heterocycles. The van der Waals surface area contributed by atoms with Gasteiger partial charge in [-0.15, -0.1) is 0 Å². The summed E-state index contributed by atoms with van der Waals surface area (Å²) in [5.41, 5.74) is 16.2. The normalized spacial score (nSPS) is 14.2. The molecule has 0 fully saturated rings. The molecular weight excluding hydrogens is 717 g/mol. The van der Waals surface area contributed by atoms with Crippen LogP contribution in [0, 0.1) is 13.8 Å². The minimum Gasteiger partial charge on any atom is -0.458 e. The molecule has 0 spiro atoms. The van der Waals surface area contributed by atoms with Crippen LogP contribution in [0.5, 0.6) is 11.5 Å². The van der Waals surface area contributed by atoms with E-state index in [0.29, 0.717) is 0 Å². The van der Waals surface area contributed by atoms with Crippen molar-refractivity contribution in [2.24, 2.45) is 0 Å². The largest absolute Gasteiger partial charge is 0.458 e. The van der Waals surface area contributed by atoms with E-state index in [4.69, 9.17) is 4.74 Å². The van der Waals surface area contributed by atoms with Crippen LogP contribution in [-0.2, 0) is 5.41 Å². The summed E-state index contributed by atoms with van der Waals surface area (Å²) in [6, 6.07) is 66.6. The minimum atomic E-state index is -2.77. The van der Waals surface area contributed by atoms with Crippen molar-refractivity contribution in [2.45, 2.75) is 40.0 Å². The van der Waals surface area contributed by atoms with Gasteiger partial charge in [0, 0.05) is 16.9 Å². The van der Waals surface area contributed by atoms with Crippen LogP contribution in [0.1, 0.15) is 37.5 Å². The fourth-order valence-corrected chi connectivity index (χ4v) is 15.4. The van der Waals surface area contributed by atoms with Gasteiger partial charge in [0.2, 0.25) is 0 Å². The zero-order chi connectivity index (χ0) is 39.3. The van der Waals surface area contributed by atoms with E-state index in [1.807, 2.05) is 0 Å². The van der Waals surface area contributed by atoms with Gasteiger partial charge in [-0.05, 0) is 121 Å². The van der Waals surface area contributed by atoms with E-state index in [-0.39, 0.29) is 12.1 Å². The second-order valence-corrected chi connectivity index (χ2v) is 21.2. The Balaban J connectivity index is 1.29. The summed E-state index contributed by atoms with van der Waals surface area (Å²) in [5, 5.41) is 5.72. The van der Waals surface area contributed by atoms with E-state index in [1.54, 1.807) is 0 Å². The Morgan fingerprint density at radius 1 is 0.483 bits per heavy atom. The number of hydrogen-bond donors (Lipinski definition) is 0. The first-order chi connectivity index (χ1) is 28.2. The summed E-state index contributed by atoms with van der Waals surface area (Å²) in [7, 11) is -2.77. The number of nitrogens with zero attached hydrogens (tertiary/aromatic N) is 1. The molecule has 0 amide bonds. The van der Waals surface area contributed by atoms with Gasteiger partial charge in [0.05, 0.1) is 5.69 Å². The van der Waals surface area contributed by atoms with E-state index in [0.717, 1.165) is 11.5 Å². The maximum atomic E-state index is 6.94. The Morgan fingerprint density at radius 3 is 1.86 bits per heavy atom. The highest BCUT2D eigenvalue weighted by atomic mass is 28.3. The number of ether oxygens (including phenoxy) is 1.